The van der Waals surface area contributed by atoms with E-state index in [1.165, 1.54) is 42.6 Å². The van der Waals surface area contributed by atoms with E-state index >= 15 is 0 Å². The van der Waals surface area contributed by atoms with Crippen molar-refractivity contribution in [3.8, 4) is 0 Å². The average molecular weight is 258 g/mol. The van der Waals surface area contributed by atoms with Crippen molar-refractivity contribution in [3.05, 3.63) is 23.8 Å². The van der Waals surface area contributed by atoms with Gasteiger partial charge in [-0.1, -0.05) is 39.7 Å². The minimum absolute atomic E-state index is 0.220. The lowest BCUT2D eigenvalue weighted by Gasteiger charge is -2.46. The van der Waals surface area contributed by atoms with Crippen molar-refractivity contribution < 1.29 is 0 Å². The number of nitrogens with zero attached hydrogens (tertiary/aromatic N) is 1. The number of nitrogens with one attached hydrogen (secondary N) is 1. The van der Waals surface area contributed by atoms with Gasteiger partial charge >= 0.3 is 0 Å². The molecule has 0 bridgehead atoms. The van der Waals surface area contributed by atoms with Gasteiger partial charge in [0.05, 0.1) is 16.9 Å². The summed E-state index contributed by atoms with van der Waals surface area (Å²) in [6.07, 6.45) is 5.41. The smallest absolute Gasteiger partial charge is 0.0604 e. The van der Waals surface area contributed by atoms with Crippen LogP contribution in [0.25, 0.3) is 0 Å². The summed E-state index contributed by atoms with van der Waals surface area (Å²) in [6.45, 7) is 7.93. The summed E-state index contributed by atoms with van der Waals surface area (Å²) in [6, 6.07) is 6.95. The third-order valence-corrected chi connectivity index (χ3v) is 5.08. The predicted octanol–water partition coefficient (Wildman–Crippen LogP) is 4.16. The van der Waals surface area contributed by atoms with E-state index in [0.29, 0.717) is 5.54 Å². The second kappa shape index (κ2) is 4.16. The zero-order chi connectivity index (χ0) is 13.7. The van der Waals surface area contributed by atoms with E-state index in [-0.39, 0.29) is 5.41 Å². The molecule has 1 aromatic rings. The van der Waals surface area contributed by atoms with Crippen molar-refractivity contribution in [1.29, 1.82) is 0 Å². The van der Waals surface area contributed by atoms with Gasteiger partial charge < -0.3 is 10.2 Å². The van der Waals surface area contributed by atoms with E-state index < -0.39 is 0 Å². The Morgan fingerprint density at radius 2 is 1.84 bits per heavy atom. The van der Waals surface area contributed by atoms with Gasteiger partial charge in [0.2, 0.25) is 0 Å². The van der Waals surface area contributed by atoms with Gasteiger partial charge in [0, 0.05) is 13.6 Å². The summed E-state index contributed by atoms with van der Waals surface area (Å²) in [7, 11) is 2.28. The van der Waals surface area contributed by atoms with E-state index in [1.54, 1.807) is 0 Å². The largest absolute Gasteiger partial charge is 0.381 e. The van der Waals surface area contributed by atoms with E-state index in [2.05, 4.69) is 56.2 Å². The molecule has 2 aliphatic rings. The van der Waals surface area contributed by atoms with E-state index in [4.69, 9.17) is 0 Å². The Bertz CT molecular complexity index is 479. The fourth-order valence-corrected chi connectivity index (χ4v) is 3.62. The second-order valence-electron chi connectivity index (χ2n) is 7.33. The van der Waals surface area contributed by atoms with Crippen LogP contribution in [0, 0.1) is 0 Å². The Morgan fingerprint density at radius 3 is 2.47 bits per heavy atom. The van der Waals surface area contributed by atoms with Gasteiger partial charge in [-0.25, -0.2) is 0 Å². The molecule has 0 amide bonds. The Morgan fingerprint density at radius 1 is 1.16 bits per heavy atom. The van der Waals surface area contributed by atoms with Crippen molar-refractivity contribution in [1.82, 2.24) is 0 Å². The van der Waals surface area contributed by atoms with Crippen molar-refractivity contribution in [2.75, 3.05) is 23.8 Å². The topological polar surface area (TPSA) is 15.3 Å². The maximum Gasteiger partial charge on any atom is 0.0604 e. The predicted molar refractivity (Wildman–Crippen MR) is 83.2 cm³/mol. The van der Waals surface area contributed by atoms with Gasteiger partial charge in [0.25, 0.3) is 0 Å². The SMILES string of the molecule is CN1c2ccc(C(C)(C)C)cc2NCC12CCCC2. The summed E-state index contributed by atoms with van der Waals surface area (Å²) < 4.78 is 0. The third kappa shape index (κ3) is 2.01. The summed E-state index contributed by atoms with van der Waals surface area (Å²) in [4.78, 5) is 2.54. The molecule has 0 saturated heterocycles. The van der Waals surface area contributed by atoms with Crippen LogP contribution in [0.5, 0.6) is 0 Å². The maximum atomic E-state index is 3.70. The summed E-state index contributed by atoms with van der Waals surface area (Å²) in [5, 5.41) is 3.70. The van der Waals surface area contributed by atoms with Crippen LogP contribution in [-0.4, -0.2) is 19.1 Å². The first-order valence-electron chi connectivity index (χ1n) is 7.55. The number of anilines is 2. The maximum absolute atomic E-state index is 3.70. The zero-order valence-electron chi connectivity index (χ0n) is 12.7. The summed E-state index contributed by atoms with van der Waals surface area (Å²) in [5.41, 5.74) is 4.69. The first-order valence-corrected chi connectivity index (χ1v) is 7.55. The summed E-state index contributed by atoms with van der Waals surface area (Å²) in [5.74, 6) is 0. The molecular formula is C17H26N2. The average Bonchev–Trinajstić information content (AvgIpc) is 2.83. The Kier molecular flexibility index (Phi) is 2.81. The van der Waals surface area contributed by atoms with Crippen LogP contribution in [0.15, 0.2) is 18.2 Å². The molecule has 1 fully saturated rings. The number of likely N-dealkylation sites (N-methyl/N-ethyl adjacent to an activating group) is 1. The molecule has 3 rings (SSSR count). The summed E-state index contributed by atoms with van der Waals surface area (Å²) >= 11 is 0. The Hall–Kier alpha value is -1.18. The van der Waals surface area contributed by atoms with Crippen LogP contribution in [0.2, 0.25) is 0 Å². The van der Waals surface area contributed by atoms with Gasteiger partial charge in [0.15, 0.2) is 0 Å². The molecule has 1 aliphatic carbocycles. The Balaban J connectivity index is 1.97. The number of rotatable bonds is 0. The molecular weight excluding hydrogens is 232 g/mol. The van der Waals surface area contributed by atoms with E-state index in [0.717, 1.165) is 6.54 Å². The quantitative estimate of drug-likeness (QED) is 0.751. The number of benzene rings is 1. The molecule has 1 N–H and O–H groups in total. The monoisotopic (exact) mass is 258 g/mol. The van der Waals surface area contributed by atoms with Crippen LogP contribution in [-0.2, 0) is 5.41 Å². The zero-order valence-corrected chi connectivity index (χ0v) is 12.7. The van der Waals surface area contributed by atoms with Crippen LogP contribution in [0.4, 0.5) is 11.4 Å². The van der Waals surface area contributed by atoms with Gasteiger partial charge in [0.1, 0.15) is 0 Å². The molecule has 104 valence electrons. The molecule has 1 spiro atoms. The van der Waals surface area contributed by atoms with Crippen LogP contribution < -0.4 is 10.2 Å². The second-order valence-corrected chi connectivity index (χ2v) is 7.33. The highest BCUT2D eigenvalue weighted by atomic mass is 15.2. The fourth-order valence-electron chi connectivity index (χ4n) is 3.62. The lowest BCUT2D eigenvalue weighted by atomic mass is 9.85. The molecule has 1 aromatic carbocycles. The lowest BCUT2D eigenvalue weighted by Crippen LogP contribution is -2.52. The molecule has 1 aliphatic heterocycles. The molecule has 1 saturated carbocycles. The third-order valence-electron chi connectivity index (χ3n) is 5.08. The molecule has 1 heterocycles. The van der Waals surface area contributed by atoms with Crippen LogP contribution in [0.3, 0.4) is 0 Å². The van der Waals surface area contributed by atoms with Gasteiger partial charge in [-0.05, 0) is 36.0 Å². The molecule has 0 aromatic heterocycles. The molecule has 0 atom stereocenters. The molecule has 0 radical (unpaired) electrons. The van der Waals surface area contributed by atoms with Crippen molar-refractivity contribution in [3.63, 3.8) is 0 Å². The van der Waals surface area contributed by atoms with Gasteiger partial charge in [-0.15, -0.1) is 0 Å². The minimum Gasteiger partial charge on any atom is -0.381 e. The van der Waals surface area contributed by atoms with E-state index in [9.17, 15) is 0 Å². The van der Waals surface area contributed by atoms with Crippen LogP contribution in [0.1, 0.15) is 52.0 Å². The van der Waals surface area contributed by atoms with Gasteiger partial charge in [-0.2, -0.15) is 0 Å². The highest BCUT2D eigenvalue weighted by Crippen LogP contribution is 2.44. The highest BCUT2D eigenvalue weighted by molar-refractivity contribution is 5.74. The number of hydrogen-bond acceptors (Lipinski definition) is 2. The van der Waals surface area contributed by atoms with Crippen LogP contribution >= 0.6 is 0 Å². The normalized spacial score (nSPS) is 21.4. The fraction of sp³-hybridized carbons (Fsp3) is 0.647. The first kappa shape index (κ1) is 12.8. The van der Waals surface area contributed by atoms with Crippen molar-refractivity contribution in [2.24, 2.45) is 0 Å². The Labute approximate surface area is 117 Å². The van der Waals surface area contributed by atoms with Crippen molar-refractivity contribution in [2.45, 2.75) is 57.4 Å². The highest BCUT2D eigenvalue weighted by Gasteiger charge is 2.41. The molecule has 2 heteroatoms. The minimum atomic E-state index is 0.220. The molecule has 0 unspecified atom stereocenters. The number of fused-ring (bicyclic) bond motifs is 1. The lowest BCUT2D eigenvalue weighted by molar-refractivity contribution is 0.428. The molecule has 19 heavy (non-hydrogen) atoms. The van der Waals surface area contributed by atoms with Crippen molar-refractivity contribution >= 4 is 11.4 Å². The first-order chi connectivity index (χ1) is 8.92. The molecule has 2 nitrogen and oxygen atoms in total. The number of hydrogen-bond donors (Lipinski definition) is 1. The van der Waals surface area contributed by atoms with Gasteiger partial charge in [-0.3, -0.25) is 0 Å². The standard InChI is InChI=1S/C17H26N2/c1-16(2,3)13-7-8-15-14(11-13)18-12-17(19(15)4)9-5-6-10-17/h7-8,11,18H,5-6,9-10,12H2,1-4H3. The van der Waals surface area contributed by atoms with E-state index in [1.807, 2.05) is 0 Å².